The number of halogens is 1. The van der Waals surface area contributed by atoms with Crippen molar-refractivity contribution >= 4 is 5.69 Å². The summed E-state index contributed by atoms with van der Waals surface area (Å²) in [5.41, 5.74) is 7.41. The van der Waals surface area contributed by atoms with Crippen molar-refractivity contribution in [2.75, 3.05) is 5.73 Å². The van der Waals surface area contributed by atoms with E-state index in [-0.39, 0.29) is 5.69 Å². The molecule has 0 saturated carbocycles. The topological polar surface area (TPSA) is 56.5 Å². The maximum atomic E-state index is 12.7. The van der Waals surface area contributed by atoms with Crippen LogP contribution in [0.1, 0.15) is 0 Å². The predicted molar refractivity (Wildman–Crippen MR) is 35.2 cm³/mol. The molecule has 0 saturated heterocycles. The second-order valence-electron chi connectivity index (χ2n) is 2.11. The highest BCUT2D eigenvalue weighted by molar-refractivity contribution is 5.53. The molecular formula is C6H5FN2O2. The Morgan fingerprint density at radius 1 is 1.27 bits per heavy atom. The Hall–Kier alpha value is -1.49. The SMILES string of the molecule is Nc1cc2c(cc1F)ONO2. The smallest absolute Gasteiger partial charge is 0.199 e. The Balaban J connectivity index is 2.57. The van der Waals surface area contributed by atoms with E-state index in [1.165, 1.54) is 6.07 Å². The summed E-state index contributed by atoms with van der Waals surface area (Å²) in [7, 11) is 0. The summed E-state index contributed by atoms with van der Waals surface area (Å²) in [6, 6.07) is 2.51. The molecule has 1 heterocycles. The highest BCUT2D eigenvalue weighted by Crippen LogP contribution is 2.33. The zero-order valence-corrected chi connectivity index (χ0v) is 5.43. The van der Waals surface area contributed by atoms with Crippen LogP contribution in [-0.4, -0.2) is 0 Å². The van der Waals surface area contributed by atoms with Gasteiger partial charge in [0.25, 0.3) is 0 Å². The zero-order valence-electron chi connectivity index (χ0n) is 5.43. The lowest BCUT2D eigenvalue weighted by atomic mass is 10.3. The molecule has 0 radical (unpaired) electrons. The van der Waals surface area contributed by atoms with Gasteiger partial charge in [-0.05, 0) is 0 Å². The highest BCUT2D eigenvalue weighted by Gasteiger charge is 2.16. The molecule has 2 rings (SSSR count). The molecule has 0 aliphatic carbocycles. The Bertz CT molecular complexity index is 274. The van der Waals surface area contributed by atoms with Crippen molar-refractivity contribution < 1.29 is 14.1 Å². The van der Waals surface area contributed by atoms with Gasteiger partial charge in [0, 0.05) is 17.8 Å². The van der Waals surface area contributed by atoms with Gasteiger partial charge < -0.3 is 15.4 Å². The molecular weight excluding hydrogens is 151 g/mol. The molecule has 0 atom stereocenters. The lowest BCUT2D eigenvalue weighted by Crippen LogP contribution is -2.14. The first-order valence-corrected chi connectivity index (χ1v) is 2.95. The largest absolute Gasteiger partial charge is 0.396 e. The van der Waals surface area contributed by atoms with Crippen LogP contribution < -0.4 is 21.1 Å². The highest BCUT2D eigenvalue weighted by atomic mass is 19.1. The summed E-state index contributed by atoms with van der Waals surface area (Å²) in [6.07, 6.45) is 0. The number of hydrogen-bond donors (Lipinski definition) is 2. The number of nitrogens with one attached hydrogen (secondary N) is 1. The third-order valence-corrected chi connectivity index (χ3v) is 1.37. The number of nitrogen functional groups attached to an aromatic ring is 1. The average molecular weight is 156 g/mol. The Labute approximate surface area is 61.6 Å². The average Bonchev–Trinajstić information content (AvgIpc) is 2.36. The summed E-state index contributed by atoms with van der Waals surface area (Å²) >= 11 is 0. The Morgan fingerprint density at radius 2 is 1.91 bits per heavy atom. The third kappa shape index (κ3) is 0.857. The van der Waals surface area contributed by atoms with Crippen LogP contribution in [0.4, 0.5) is 10.1 Å². The number of rotatable bonds is 0. The molecule has 1 aliphatic rings. The van der Waals surface area contributed by atoms with Crippen LogP contribution in [0.25, 0.3) is 0 Å². The van der Waals surface area contributed by atoms with Gasteiger partial charge in [-0.15, -0.1) is 0 Å². The molecule has 0 aromatic heterocycles. The number of hydrogen-bond acceptors (Lipinski definition) is 4. The summed E-state index contributed by atoms with van der Waals surface area (Å²) in [4.78, 5) is 9.38. The van der Waals surface area contributed by atoms with Crippen LogP contribution >= 0.6 is 0 Å². The first-order valence-electron chi connectivity index (χ1n) is 2.95. The van der Waals surface area contributed by atoms with E-state index in [1.807, 2.05) is 0 Å². The van der Waals surface area contributed by atoms with E-state index in [9.17, 15) is 4.39 Å². The predicted octanol–water partition coefficient (Wildman–Crippen LogP) is 0.599. The van der Waals surface area contributed by atoms with Crippen molar-refractivity contribution in [2.24, 2.45) is 0 Å². The van der Waals surface area contributed by atoms with Gasteiger partial charge in [0.15, 0.2) is 11.5 Å². The minimum Gasteiger partial charge on any atom is -0.396 e. The van der Waals surface area contributed by atoms with Crippen molar-refractivity contribution in [3.8, 4) is 11.5 Å². The number of fused-ring (bicyclic) bond motifs is 1. The van der Waals surface area contributed by atoms with Crippen LogP contribution in [0.2, 0.25) is 0 Å². The van der Waals surface area contributed by atoms with Gasteiger partial charge in [-0.25, -0.2) is 4.39 Å². The van der Waals surface area contributed by atoms with Crippen molar-refractivity contribution in [1.29, 1.82) is 0 Å². The second kappa shape index (κ2) is 2.00. The Kier molecular flexibility index (Phi) is 1.13. The van der Waals surface area contributed by atoms with Crippen molar-refractivity contribution in [3.63, 3.8) is 0 Å². The fourth-order valence-corrected chi connectivity index (χ4v) is 0.821. The third-order valence-electron chi connectivity index (χ3n) is 1.37. The molecule has 1 aromatic rings. The van der Waals surface area contributed by atoms with Crippen molar-refractivity contribution in [2.45, 2.75) is 0 Å². The molecule has 1 aliphatic heterocycles. The van der Waals surface area contributed by atoms with E-state index in [4.69, 9.17) is 10.6 Å². The molecule has 4 nitrogen and oxygen atoms in total. The first-order chi connectivity index (χ1) is 5.27. The molecule has 3 N–H and O–H groups in total. The van der Waals surface area contributed by atoms with E-state index in [0.717, 1.165) is 6.07 Å². The fraction of sp³-hybridized carbons (Fsp3) is 0. The van der Waals surface area contributed by atoms with E-state index < -0.39 is 5.82 Å². The van der Waals surface area contributed by atoms with Crippen LogP contribution in [-0.2, 0) is 0 Å². The molecule has 0 unspecified atom stereocenters. The van der Waals surface area contributed by atoms with Gasteiger partial charge in [0.1, 0.15) is 5.82 Å². The van der Waals surface area contributed by atoms with Gasteiger partial charge in [-0.3, -0.25) is 0 Å². The maximum Gasteiger partial charge on any atom is 0.199 e. The van der Waals surface area contributed by atoms with Crippen LogP contribution in [0, 0.1) is 5.82 Å². The van der Waals surface area contributed by atoms with Gasteiger partial charge in [-0.2, -0.15) is 0 Å². The quantitative estimate of drug-likeness (QED) is 0.540. The summed E-state index contributed by atoms with van der Waals surface area (Å²) < 4.78 is 12.7. The maximum absolute atomic E-state index is 12.7. The van der Waals surface area contributed by atoms with Gasteiger partial charge in [-0.1, -0.05) is 0 Å². The molecule has 0 amide bonds. The zero-order chi connectivity index (χ0) is 7.84. The van der Waals surface area contributed by atoms with Crippen molar-refractivity contribution in [3.05, 3.63) is 17.9 Å². The monoisotopic (exact) mass is 156 g/mol. The molecule has 58 valence electrons. The molecule has 0 fully saturated rings. The number of anilines is 1. The molecule has 0 spiro atoms. The summed E-state index contributed by atoms with van der Waals surface area (Å²) in [5.74, 6) is 0.177. The molecule has 5 heteroatoms. The van der Waals surface area contributed by atoms with Crippen LogP contribution in [0.3, 0.4) is 0 Å². The van der Waals surface area contributed by atoms with Crippen LogP contribution in [0.15, 0.2) is 12.1 Å². The second-order valence-corrected chi connectivity index (χ2v) is 2.11. The van der Waals surface area contributed by atoms with E-state index >= 15 is 0 Å². The Morgan fingerprint density at radius 3 is 2.64 bits per heavy atom. The lowest BCUT2D eigenvalue weighted by Gasteiger charge is -1.96. The van der Waals surface area contributed by atoms with Crippen molar-refractivity contribution in [1.82, 2.24) is 5.64 Å². The molecule has 0 bridgehead atoms. The van der Waals surface area contributed by atoms with Gasteiger partial charge >= 0.3 is 0 Å². The normalized spacial score (nSPS) is 13.5. The minimum atomic E-state index is -0.518. The fourth-order valence-electron chi connectivity index (χ4n) is 0.821. The molecule has 11 heavy (non-hydrogen) atoms. The molecule has 1 aromatic carbocycles. The standard InChI is InChI=1S/C6H5FN2O2/c7-3-1-5-6(2-4(3)8)11-9-10-5/h1-2,9H,8H2. The number of benzene rings is 1. The van der Waals surface area contributed by atoms with E-state index in [1.54, 1.807) is 0 Å². The first kappa shape index (κ1) is 6.23. The summed E-state index contributed by atoms with van der Waals surface area (Å²) in [6.45, 7) is 0. The van der Waals surface area contributed by atoms with E-state index in [2.05, 4.69) is 10.5 Å². The van der Waals surface area contributed by atoms with Crippen LogP contribution in [0.5, 0.6) is 11.5 Å². The van der Waals surface area contributed by atoms with E-state index in [0.29, 0.717) is 11.5 Å². The lowest BCUT2D eigenvalue weighted by molar-refractivity contribution is 0.0259. The van der Waals surface area contributed by atoms with Gasteiger partial charge in [0.2, 0.25) is 0 Å². The minimum absolute atomic E-state index is 0.0380. The number of nitrogens with two attached hydrogens (primary N) is 1. The van der Waals surface area contributed by atoms with Gasteiger partial charge in [0.05, 0.1) is 5.69 Å². The summed E-state index contributed by atoms with van der Waals surface area (Å²) in [5, 5.41) is 0.